The van der Waals surface area contributed by atoms with Gasteiger partial charge >= 0.3 is 6.01 Å². The molecule has 4 nitrogen and oxygen atoms in total. The van der Waals surface area contributed by atoms with Crippen LogP contribution < -0.4 is 4.90 Å². The van der Waals surface area contributed by atoms with Gasteiger partial charge in [-0.05, 0) is 18.8 Å². The Hall–Kier alpha value is -0.770. The Bertz CT molecular complexity index is 355. The molecule has 1 aromatic heterocycles. The SMILES string of the molecule is CC1CCCC(N(C)c2nnc(CCCl)o2)C1. The summed E-state index contributed by atoms with van der Waals surface area (Å²) in [6.45, 7) is 2.31. The molecule has 0 radical (unpaired) electrons. The first-order valence-corrected chi connectivity index (χ1v) is 6.85. The summed E-state index contributed by atoms with van der Waals surface area (Å²) in [5, 5.41) is 8.08. The summed E-state index contributed by atoms with van der Waals surface area (Å²) in [5.74, 6) is 1.94. The number of aryl methyl sites for hydroxylation is 1. The molecule has 0 aromatic carbocycles. The number of anilines is 1. The van der Waals surface area contributed by atoms with Crippen LogP contribution in [0.15, 0.2) is 4.42 Å². The second kappa shape index (κ2) is 5.71. The average molecular weight is 258 g/mol. The number of nitrogens with zero attached hydrogens (tertiary/aromatic N) is 3. The molecule has 17 heavy (non-hydrogen) atoms. The first-order chi connectivity index (χ1) is 8.20. The topological polar surface area (TPSA) is 42.2 Å². The van der Waals surface area contributed by atoms with Crippen LogP contribution in [-0.4, -0.2) is 29.2 Å². The Balaban J connectivity index is 1.99. The van der Waals surface area contributed by atoms with Crippen LogP contribution in [0, 0.1) is 5.92 Å². The minimum atomic E-state index is 0.520. The molecule has 5 heteroatoms. The predicted octanol–water partition coefficient (Wildman–Crippen LogP) is 2.87. The van der Waals surface area contributed by atoms with Gasteiger partial charge in [0.1, 0.15) is 0 Å². The summed E-state index contributed by atoms with van der Waals surface area (Å²) in [6, 6.07) is 1.16. The summed E-state index contributed by atoms with van der Waals surface area (Å²) >= 11 is 5.65. The maximum Gasteiger partial charge on any atom is 0.318 e. The Morgan fingerprint density at radius 1 is 1.41 bits per heavy atom. The van der Waals surface area contributed by atoms with Gasteiger partial charge < -0.3 is 9.32 Å². The molecule has 1 aliphatic rings. The largest absolute Gasteiger partial charge is 0.408 e. The summed E-state index contributed by atoms with van der Waals surface area (Å²) in [6.07, 6.45) is 5.70. The second-order valence-corrected chi connectivity index (χ2v) is 5.33. The summed E-state index contributed by atoms with van der Waals surface area (Å²) in [5.41, 5.74) is 0. The number of hydrogen-bond donors (Lipinski definition) is 0. The van der Waals surface area contributed by atoms with Crippen molar-refractivity contribution in [3.05, 3.63) is 5.89 Å². The zero-order chi connectivity index (χ0) is 12.3. The van der Waals surface area contributed by atoms with Crippen molar-refractivity contribution < 1.29 is 4.42 Å². The van der Waals surface area contributed by atoms with E-state index in [0.717, 1.165) is 5.92 Å². The second-order valence-electron chi connectivity index (χ2n) is 4.95. The highest BCUT2D eigenvalue weighted by Gasteiger charge is 2.25. The molecule has 1 saturated carbocycles. The standard InChI is InChI=1S/C12H20ClN3O/c1-9-4-3-5-10(8-9)16(2)12-15-14-11(17-12)6-7-13/h9-10H,3-8H2,1-2H3. The third-order valence-electron chi connectivity index (χ3n) is 3.52. The number of hydrogen-bond acceptors (Lipinski definition) is 4. The van der Waals surface area contributed by atoms with Gasteiger partial charge in [0.2, 0.25) is 5.89 Å². The average Bonchev–Trinajstić information content (AvgIpc) is 2.77. The zero-order valence-corrected chi connectivity index (χ0v) is 11.3. The van der Waals surface area contributed by atoms with Crippen LogP contribution in [0.5, 0.6) is 0 Å². The molecule has 96 valence electrons. The maximum absolute atomic E-state index is 5.65. The number of halogens is 1. The molecule has 0 spiro atoms. The van der Waals surface area contributed by atoms with Gasteiger partial charge in [-0.2, -0.15) is 0 Å². The van der Waals surface area contributed by atoms with Crippen molar-refractivity contribution >= 4 is 17.6 Å². The normalized spacial score (nSPS) is 24.9. The quantitative estimate of drug-likeness (QED) is 0.778. The fraction of sp³-hybridized carbons (Fsp3) is 0.833. The van der Waals surface area contributed by atoms with E-state index in [-0.39, 0.29) is 0 Å². The van der Waals surface area contributed by atoms with Gasteiger partial charge in [0.25, 0.3) is 0 Å². The molecule has 1 heterocycles. The summed E-state index contributed by atoms with van der Waals surface area (Å²) in [7, 11) is 2.04. The molecule has 2 rings (SSSR count). The van der Waals surface area contributed by atoms with Gasteiger partial charge in [-0.1, -0.05) is 24.9 Å². The molecule has 0 bridgehead atoms. The van der Waals surface area contributed by atoms with Crippen molar-refractivity contribution in [2.75, 3.05) is 17.8 Å². The number of aromatic nitrogens is 2. The van der Waals surface area contributed by atoms with E-state index in [0.29, 0.717) is 30.2 Å². The fourth-order valence-electron chi connectivity index (χ4n) is 2.48. The lowest BCUT2D eigenvalue weighted by molar-refractivity contribution is 0.326. The van der Waals surface area contributed by atoms with E-state index < -0.39 is 0 Å². The highest BCUT2D eigenvalue weighted by molar-refractivity contribution is 6.17. The molecule has 2 atom stereocenters. The Morgan fingerprint density at radius 3 is 2.94 bits per heavy atom. The van der Waals surface area contributed by atoms with Crippen LogP contribution >= 0.6 is 11.6 Å². The lowest BCUT2D eigenvalue weighted by Gasteiger charge is -2.32. The van der Waals surface area contributed by atoms with Gasteiger partial charge in [0, 0.05) is 25.4 Å². The van der Waals surface area contributed by atoms with Crippen molar-refractivity contribution in [2.24, 2.45) is 5.92 Å². The van der Waals surface area contributed by atoms with Crippen LogP contribution in [0.2, 0.25) is 0 Å². The van der Waals surface area contributed by atoms with E-state index in [9.17, 15) is 0 Å². The zero-order valence-electron chi connectivity index (χ0n) is 10.5. The maximum atomic E-state index is 5.65. The third kappa shape index (κ3) is 3.12. The molecule has 1 aromatic rings. The first kappa shape index (κ1) is 12.7. The minimum Gasteiger partial charge on any atom is -0.408 e. The van der Waals surface area contributed by atoms with Crippen LogP contribution in [0.4, 0.5) is 6.01 Å². The minimum absolute atomic E-state index is 0.520. The van der Waals surface area contributed by atoms with E-state index in [1.54, 1.807) is 0 Å². The van der Waals surface area contributed by atoms with Gasteiger partial charge in [-0.15, -0.1) is 16.7 Å². The number of alkyl halides is 1. The lowest BCUT2D eigenvalue weighted by Crippen LogP contribution is -2.35. The molecule has 0 N–H and O–H groups in total. The van der Waals surface area contributed by atoms with Gasteiger partial charge in [0.05, 0.1) is 0 Å². The van der Waals surface area contributed by atoms with Crippen LogP contribution in [0.1, 0.15) is 38.5 Å². The van der Waals surface area contributed by atoms with Crippen molar-refractivity contribution in [3.63, 3.8) is 0 Å². The molecule has 2 unspecified atom stereocenters. The van der Waals surface area contributed by atoms with E-state index in [4.69, 9.17) is 16.0 Å². The Labute approximate surface area is 107 Å². The van der Waals surface area contributed by atoms with E-state index >= 15 is 0 Å². The highest BCUT2D eigenvalue weighted by Crippen LogP contribution is 2.28. The molecule has 0 saturated heterocycles. The summed E-state index contributed by atoms with van der Waals surface area (Å²) in [4.78, 5) is 2.13. The molecule has 1 aliphatic carbocycles. The molecular formula is C12H20ClN3O. The highest BCUT2D eigenvalue weighted by atomic mass is 35.5. The van der Waals surface area contributed by atoms with Crippen molar-refractivity contribution in [1.29, 1.82) is 0 Å². The van der Waals surface area contributed by atoms with Crippen LogP contribution in [0.25, 0.3) is 0 Å². The predicted molar refractivity (Wildman–Crippen MR) is 68.5 cm³/mol. The van der Waals surface area contributed by atoms with Crippen molar-refractivity contribution in [3.8, 4) is 0 Å². The van der Waals surface area contributed by atoms with Crippen molar-refractivity contribution in [1.82, 2.24) is 10.2 Å². The van der Waals surface area contributed by atoms with Crippen LogP contribution in [0.3, 0.4) is 0 Å². The lowest BCUT2D eigenvalue weighted by atomic mass is 9.86. The monoisotopic (exact) mass is 257 g/mol. The molecule has 0 amide bonds. The van der Waals surface area contributed by atoms with E-state index in [1.165, 1.54) is 25.7 Å². The molecule has 0 aliphatic heterocycles. The van der Waals surface area contributed by atoms with Gasteiger partial charge in [-0.3, -0.25) is 0 Å². The van der Waals surface area contributed by atoms with Crippen molar-refractivity contribution in [2.45, 2.75) is 45.1 Å². The number of rotatable bonds is 4. The summed E-state index contributed by atoms with van der Waals surface area (Å²) < 4.78 is 5.59. The van der Waals surface area contributed by atoms with Crippen LogP contribution in [-0.2, 0) is 6.42 Å². The Morgan fingerprint density at radius 2 is 2.24 bits per heavy atom. The van der Waals surface area contributed by atoms with E-state index in [2.05, 4.69) is 22.0 Å². The molecule has 1 fully saturated rings. The smallest absolute Gasteiger partial charge is 0.318 e. The van der Waals surface area contributed by atoms with Gasteiger partial charge in [-0.25, -0.2) is 0 Å². The molecular weight excluding hydrogens is 238 g/mol. The first-order valence-electron chi connectivity index (χ1n) is 6.32. The third-order valence-corrected chi connectivity index (χ3v) is 3.71. The fourth-order valence-corrected chi connectivity index (χ4v) is 2.64. The van der Waals surface area contributed by atoms with Gasteiger partial charge in [0.15, 0.2) is 0 Å². The van der Waals surface area contributed by atoms with E-state index in [1.807, 2.05) is 7.05 Å². The Kier molecular flexibility index (Phi) is 4.26.